The number of halogens is 1. The third-order valence-electron chi connectivity index (χ3n) is 4.04. The second-order valence-electron chi connectivity index (χ2n) is 5.63. The molecule has 2 aliphatic rings. The van der Waals surface area contributed by atoms with E-state index in [4.69, 9.17) is 20.2 Å². The van der Waals surface area contributed by atoms with Crippen LogP contribution in [0.3, 0.4) is 0 Å². The number of amides is 1. The van der Waals surface area contributed by atoms with E-state index in [0.29, 0.717) is 19.6 Å². The topological polar surface area (TPSA) is 110 Å². The van der Waals surface area contributed by atoms with Gasteiger partial charge in [-0.3, -0.25) is 4.79 Å². The fraction of sp³-hybridized carbons (Fsp3) is 0.833. The Morgan fingerprint density at radius 3 is 2.45 bits per heavy atom. The number of carboxylic acids is 1. The van der Waals surface area contributed by atoms with Crippen LogP contribution in [0.2, 0.25) is 0 Å². The van der Waals surface area contributed by atoms with Crippen molar-refractivity contribution in [3.05, 3.63) is 0 Å². The van der Waals surface area contributed by atoms with E-state index in [1.807, 2.05) is 0 Å². The lowest BCUT2D eigenvalue weighted by molar-refractivity contribution is -0.150. The summed E-state index contributed by atoms with van der Waals surface area (Å²) >= 11 is 0. The first-order valence-electron chi connectivity index (χ1n) is 6.91. The molecule has 2 heterocycles. The van der Waals surface area contributed by atoms with Gasteiger partial charge < -0.3 is 19.5 Å². The number of piperidine rings is 1. The van der Waals surface area contributed by atoms with Crippen LogP contribution in [0.5, 0.6) is 0 Å². The summed E-state index contributed by atoms with van der Waals surface area (Å²) in [7, 11) is 1.26. The molecule has 2 fully saturated rings. The van der Waals surface area contributed by atoms with Gasteiger partial charge in [0, 0.05) is 30.2 Å². The molecule has 2 aliphatic heterocycles. The lowest BCUT2D eigenvalue weighted by atomic mass is 9.80. The first kappa shape index (κ1) is 17.3. The van der Waals surface area contributed by atoms with E-state index >= 15 is 0 Å². The Kier molecular flexibility index (Phi) is 5.18. The minimum Gasteiger partial charge on any atom is -0.481 e. The van der Waals surface area contributed by atoms with Crippen LogP contribution in [0.15, 0.2) is 0 Å². The summed E-state index contributed by atoms with van der Waals surface area (Å²) in [6, 6.07) is 0. The Morgan fingerprint density at radius 2 is 2.00 bits per heavy atom. The van der Waals surface area contributed by atoms with Crippen LogP contribution < -0.4 is 0 Å². The third-order valence-corrected chi connectivity index (χ3v) is 5.26. The monoisotopic (exact) mass is 355 g/mol. The van der Waals surface area contributed by atoms with E-state index < -0.39 is 32.3 Å². The van der Waals surface area contributed by atoms with Crippen LogP contribution in [0, 0.1) is 5.41 Å². The van der Waals surface area contributed by atoms with Crippen molar-refractivity contribution in [1.29, 1.82) is 0 Å². The molecule has 1 amide bonds. The van der Waals surface area contributed by atoms with Gasteiger partial charge in [0.1, 0.15) is 6.10 Å². The molecule has 0 saturated carbocycles. The molecule has 0 unspecified atom stereocenters. The highest BCUT2D eigenvalue weighted by molar-refractivity contribution is 8.13. The van der Waals surface area contributed by atoms with Crippen molar-refractivity contribution in [2.24, 2.45) is 5.41 Å². The molecule has 0 aromatic heterocycles. The highest BCUT2D eigenvalue weighted by Gasteiger charge is 2.45. The molecular formula is C12H18ClNO7S. The summed E-state index contributed by atoms with van der Waals surface area (Å²) in [5.41, 5.74) is -1.45. The van der Waals surface area contributed by atoms with Crippen LogP contribution in [0.4, 0.5) is 4.79 Å². The predicted octanol–water partition coefficient (Wildman–Crippen LogP) is 0.647. The van der Waals surface area contributed by atoms with Crippen LogP contribution in [-0.2, 0) is 23.3 Å². The molecule has 0 aromatic rings. The lowest BCUT2D eigenvalue weighted by Gasteiger charge is -2.37. The summed E-state index contributed by atoms with van der Waals surface area (Å²) in [6.07, 6.45) is -0.122. The molecule has 22 heavy (non-hydrogen) atoms. The van der Waals surface area contributed by atoms with Crippen molar-refractivity contribution in [2.45, 2.75) is 25.4 Å². The maximum Gasteiger partial charge on any atom is 0.410 e. The van der Waals surface area contributed by atoms with Gasteiger partial charge >= 0.3 is 12.1 Å². The minimum atomic E-state index is -3.94. The van der Waals surface area contributed by atoms with E-state index in [1.54, 1.807) is 0 Å². The van der Waals surface area contributed by atoms with Gasteiger partial charge in [-0.2, -0.15) is 0 Å². The molecule has 10 heteroatoms. The highest BCUT2D eigenvalue weighted by Crippen LogP contribution is 2.34. The van der Waals surface area contributed by atoms with E-state index in [0.717, 1.165) is 0 Å². The number of carbonyl (C=O) groups excluding carboxylic acids is 1. The van der Waals surface area contributed by atoms with Crippen LogP contribution >= 0.6 is 10.7 Å². The summed E-state index contributed by atoms with van der Waals surface area (Å²) in [4.78, 5) is 24.8. The number of hydrogen-bond donors (Lipinski definition) is 1. The molecule has 2 saturated heterocycles. The lowest BCUT2D eigenvalue weighted by Crippen LogP contribution is -2.49. The number of ether oxygens (including phenoxy) is 2. The van der Waals surface area contributed by atoms with Crippen LogP contribution in [0.1, 0.15) is 19.3 Å². The molecule has 0 aliphatic carbocycles. The second-order valence-corrected chi connectivity index (χ2v) is 8.40. The first-order chi connectivity index (χ1) is 10.2. The Bertz CT molecular complexity index is 536. The average molecular weight is 356 g/mol. The summed E-state index contributed by atoms with van der Waals surface area (Å²) < 4.78 is 32.8. The second kappa shape index (κ2) is 6.59. The zero-order chi connectivity index (χ0) is 16.4. The third kappa shape index (κ3) is 4.23. The Balaban J connectivity index is 1.94. The van der Waals surface area contributed by atoms with E-state index in [-0.39, 0.29) is 32.0 Å². The zero-order valence-corrected chi connectivity index (χ0v) is 13.4. The summed E-state index contributed by atoms with van der Waals surface area (Å²) in [5.74, 6) is -1.86. The van der Waals surface area contributed by atoms with Crippen molar-refractivity contribution >= 4 is 31.8 Å². The summed E-state index contributed by atoms with van der Waals surface area (Å²) in [6.45, 7) is 1.15. The van der Waals surface area contributed by atoms with Gasteiger partial charge in [-0.1, -0.05) is 0 Å². The molecule has 1 atom stereocenters. The molecule has 0 bridgehead atoms. The minimum absolute atomic E-state index is 0.0184. The van der Waals surface area contributed by atoms with Gasteiger partial charge in [0.15, 0.2) is 0 Å². The molecule has 2 rings (SSSR count). The quantitative estimate of drug-likeness (QED) is 0.737. The number of hydrogen-bond acceptors (Lipinski definition) is 6. The van der Waals surface area contributed by atoms with Crippen molar-refractivity contribution in [3.63, 3.8) is 0 Å². The zero-order valence-electron chi connectivity index (χ0n) is 11.9. The van der Waals surface area contributed by atoms with Gasteiger partial charge in [0.05, 0.1) is 24.4 Å². The van der Waals surface area contributed by atoms with Crippen LogP contribution in [-0.4, -0.2) is 68.6 Å². The van der Waals surface area contributed by atoms with Gasteiger partial charge in [-0.15, -0.1) is 0 Å². The van der Waals surface area contributed by atoms with E-state index in [9.17, 15) is 23.1 Å². The maximum atomic E-state index is 12.0. The predicted molar refractivity (Wildman–Crippen MR) is 76.2 cm³/mol. The maximum absolute atomic E-state index is 12.0. The Hall–Kier alpha value is -1.06. The molecular weight excluding hydrogens is 338 g/mol. The van der Waals surface area contributed by atoms with Crippen molar-refractivity contribution in [2.75, 3.05) is 32.1 Å². The number of carbonyl (C=O) groups is 2. The number of nitrogens with zero attached hydrogens (tertiary/aromatic N) is 1. The van der Waals surface area contributed by atoms with Gasteiger partial charge in [-0.05, 0) is 12.8 Å². The van der Waals surface area contributed by atoms with E-state index in [1.165, 1.54) is 4.90 Å². The van der Waals surface area contributed by atoms with Gasteiger partial charge in [-0.25, -0.2) is 13.2 Å². The molecule has 8 nitrogen and oxygen atoms in total. The van der Waals surface area contributed by atoms with Crippen molar-refractivity contribution in [1.82, 2.24) is 4.90 Å². The standard InChI is InChI=1S/C12H18ClNO7S/c13-22(18,19)8-12(10(15)16)2-4-14(5-3-12)11(17)21-9-1-6-20-7-9/h9H,1-8H2,(H,15,16)/t9-/m0/s1. The Labute approximate surface area is 132 Å². The van der Waals surface area contributed by atoms with Crippen LogP contribution in [0.25, 0.3) is 0 Å². The number of likely N-dealkylation sites (tertiary alicyclic amines) is 1. The van der Waals surface area contributed by atoms with Gasteiger partial charge in [0.25, 0.3) is 0 Å². The molecule has 0 spiro atoms. The normalized spacial score (nSPS) is 25.0. The molecule has 126 valence electrons. The largest absolute Gasteiger partial charge is 0.481 e. The number of aliphatic carboxylic acids is 1. The Morgan fingerprint density at radius 1 is 1.36 bits per heavy atom. The van der Waals surface area contributed by atoms with Crippen molar-refractivity contribution in [3.8, 4) is 0 Å². The molecule has 1 N–H and O–H groups in total. The van der Waals surface area contributed by atoms with Gasteiger partial charge in [0.2, 0.25) is 9.05 Å². The summed E-state index contributed by atoms with van der Waals surface area (Å²) in [5, 5.41) is 9.33. The van der Waals surface area contributed by atoms with Crippen molar-refractivity contribution < 1.29 is 32.6 Å². The average Bonchev–Trinajstić information content (AvgIpc) is 2.90. The fourth-order valence-electron chi connectivity index (χ4n) is 2.69. The van der Waals surface area contributed by atoms with E-state index in [2.05, 4.69) is 0 Å². The SMILES string of the molecule is O=C(O[C@H]1CCOC1)N1CCC(CS(=O)(=O)Cl)(C(=O)O)CC1. The molecule has 0 aromatic carbocycles. The first-order valence-corrected chi connectivity index (χ1v) is 9.39. The molecule has 0 radical (unpaired) electrons. The number of rotatable bonds is 4. The highest BCUT2D eigenvalue weighted by atomic mass is 35.7. The number of carboxylic acid groups (broad SMARTS) is 1. The fourth-order valence-corrected chi connectivity index (χ4v) is 4.39. The smallest absolute Gasteiger partial charge is 0.410 e.